The van der Waals surface area contributed by atoms with Crippen LogP contribution >= 0.6 is 0 Å². The molecular weight excluding hydrogens is 311 g/mol. The first kappa shape index (κ1) is 17.8. The highest BCUT2D eigenvalue weighted by atomic mass is 19.1. The lowest BCUT2D eigenvalue weighted by atomic mass is 10.2. The number of benzene rings is 1. The van der Waals surface area contributed by atoms with Crippen molar-refractivity contribution in [2.45, 2.75) is 46.3 Å². The molecule has 0 aliphatic carbocycles. The van der Waals surface area contributed by atoms with Crippen LogP contribution in [0.5, 0.6) is 5.75 Å². The van der Waals surface area contributed by atoms with Crippen molar-refractivity contribution < 1.29 is 13.9 Å². The first-order chi connectivity index (χ1) is 11.3. The number of nitrogens with one attached hydrogen (secondary N) is 3. The van der Waals surface area contributed by atoms with E-state index in [1.165, 1.54) is 12.1 Å². The third kappa shape index (κ3) is 5.26. The number of urea groups is 1. The molecule has 0 unspecified atom stereocenters. The van der Waals surface area contributed by atoms with Gasteiger partial charge in [0.05, 0.1) is 17.5 Å². The molecule has 0 aliphatic heterocycles. The molecule has 0 fully saturated rings. The van der Waals surface area contributed by atoms with Crippen molar-refractivity contribution in [3.63, 3.8) is 0 Å². The van der Waals surface area contributed by atoms with E-state index in [-0.39, 0.29) is 17.8 Å². The van der Waals surface area contributed by atoms with E-state index in [2.05, 4.69) is 20.8 Å². The first-order valence-corrected chi connectivity index (χ1v) is 7.88. The molecule has 1 heterocycles. The summed E-state index contributed by atoms with van der Waals surface area (Å²) >= 11 is 0. The van der Waals surface area contributed by atoms with Gasteiger partial charge in [-0.2, -0.15) is 5.10 Å². The summed E-state index contributed by atoms with van der Waals surface area (Å²) in [7, 11) is 0. The average Bonchev–Trinajstić information content (AvgIpc) is 2.86. The van der Waals surface area contributed by atoms with E-state index in [1.807, 2.05) is 33.8 Å². The summed E-state index contributed by atoms with van der Waals surface area (Å²) in [4.78, 5) is 12.0. The number of carbonyl (C=O) groups is 1. The molecule has 130 valence electrons. The van der Waals surface area contributed by atoms with Crippen LogP contribution < -0.4 is 15.4 Å². The minimum Gasteiger partial charge on any atom is -0.491 e. The standard InChI is InChI=1S/C17H23FN4O2/c1-10(2)24-14-5-6-16(15(18)9-14)20-17(23)19-11(3)7-13-8-12(4)21-22-13/h5-6,8-11H,7H2,1-4H3,(H,21,22)(H2,19,20,23)/t11-/m1/s1. The van der Waals surface area contributed by atoms with Gasteiger partial charge in [0.1, 0.15) is 11.6 Å². The van der Waals surface area contributed by atoms with Crippen LogP contribution in [0.15, 0.2) is 24.3 Å². The zero-order valence-corrected chi connectivity index (χ0v) is 14.3. The highest BCUT2D eigenvalue weighted by Gasteiger charge is 2.12. The van der Waals surface area contributed by atoms with E-state index in [4.69, 9.17) is 4.74 Å². The van der Waals surface area contributed by atoms with E-state index in [9.17, 15) is 9.18 Å². The Morgan fingerprint density at radius 2 is 2.08 bits per heavy atom. The number of aromatic nitrogens is 2. The summed E-state index contributed by atoms with van der Waals surface area (Å²) < 4.78 is 19.4. The maximum absolute atomic E-state index is 14.0. The van der Waals surface area contributed by atoms with Crippen molar-refractivity contribution in [3.8, 4) is 5.75 Å². The normalized spacial score (nSPS) is 12.1. The van der Waals surface area contributed by atoms with Crippen LogP contribution in [0.25, 0.3) is 0 Å². The Hall–Kier alpha value is -2.57. The summed E-state index contributed by atoms with van der Waals surface area (Å²) in [5.41, 5.74) is 1.93. The number of amides is 2. The second kappa shape index (κ2) is 7.81. The Kier molecular flexibility index (Phi) is 5.78. The van der Waals surface area contributed by atoms with Crippen LogP contribution in [0.4, 0.5) is 14.9 Å². The fourth-order valence-electron chi connectivity index (χ4n) is 2.27. The van der Waals surface area contributed by atoms with Crippen molar-refractivity contribution in [3.05, 3.63) is 41.5 Å². The zero-order valence-electron chi connectivity index (χ0n) is 14.3. The molecule has 2 aromatic rings. The summed E-state index contributed by atoms with van der Waals surface area (Å²) in [6, 6.07) is 5.67. The molecule has 0 radical (unpaired) electrons. The highest BCUT2D eigenvalue weighted by molar-refractivity contribution is 5.89. The number of hydrogen-bond acceptors (Lipinski definition) is 3. The molecule has 3 N–H and O–H groups in total. The minimum atomic E-state index is -0.543. The Balaban J connectivity index is 1.89. The van der Waals surface area contributed by atoms with Crippen molar-refractivity contribution in [1.82, 2.24) is 15.5 Å². The number of anilines is 1. The molecule has 1 atom stereocenters. The lowest BCUT2D eigenvalue weighted by Crippen LogP contribution is -2.37. The SMILES string of the molecule is Cc1cc(C[C@@H](C)NC(=O)Nc2ccc(OC(C)C)cc2F)n[nH]1. The van der Waals surface area contributed by atoms with E-state index in [1.54, 1.807) is 6.07 Å². The maximum Gasteiger partial charge on any atom is 0.319 e. The predicted octanol–water partition coefficient (Wildman–Crippen LogP) is 3.40. The molecule has 24 heavy (non-hydrogen) atoms. The Morgan fingerprint density at radius 3 is 2.67 bits per heavy atom. The molecule has 0 bridgehead atoms. The van der Waals surface area contributed by atoms with Crippen molar-refractivity contribution in [2.24, 2.45) is 0 Å². The van der Waals surface area contributed by atoms with Crippen LogP contribution in [0.3, 0.4) is 0 Å². The molecule has 0 spiro atoms. The molecule has 6 nitrogen and oxygen atoms in total. The molecule has 1 aromatic heterocycles. The van der Waals surface area contributed by atoms with Gasteiger partial charge in [-0.15, -0.1) is 0 Å². The molecule has 7 heteroatoms. The maximum atomic E-state index is 14.0. The summed E-state index contributed by atoms with van der Waals surface area (Å²) in [5.74, 6) is -0.116. The molecule has 2 rings (SSSR count). The highest BCUT2D eigenvalue weighted by Crippen LogP contribution is 2.21. The Bertz CT molecular complexity index is 700. The monoisotopic (exact) mass is 334 g/mol. The van der Waals surface area contributed by atoms with E-state index >= 15 is 0 Å². The van der Waals surface area contributed by atoms with Crippen LogP contribution in [-0.2, 0) is 6.42 Å². The molecular formula is C17H23FN4O2. The third-order valence-electron chi connectivity index (χ3n) is 3.21. The number of nitrogens with zero attached hydrogens (tertiary/aromatic N) is 1. The van der Waals surface area contributed by atoms with Crippen LogP contribution in [0.2, 0.25) is 0 Å². The second-order valence-electron chi connectivity index (χ2n) is 6.05. The van der Waals surface area contributed by atoms with Crippen LogP contribution in [0, 0.1) is 12.7 Å². The summed E-state index contributed by atoms with van der Waals surface area (Å²) in [5, 5.41) is 12.2. The van der Waals surface area contributed by atoms with E-state index in [0.29, 0.717) is 12.2 Å². The zero-order chi connectivity index (χ0) is 17.7. The number of aryl methyl sites for hydroxylation is 1. The minimum absolute atomic E-state index is 0.0435. The molecule has 0 saturated carbocycles. The fourth-order valence-corrected chi connectivity index (χ4v) is 2.27. The predicted molar refractivity (Wildman–Crippen MR) is 90.8 cm³/mol. The summed E-state index contributed by atoms with van der Waals surface area (Å²) in [6.07, 6.45) is 0.541. The lowest BCUT2D eigenvalue weighted by molar-refractivity contribution is 0.241. The number of halogens is 1. The topological polar surface area (TPSA) is 79.0 Å². The van der Waals surface area contributed by atoms with Crippen LogP contribution in [0.1, 0.15) is 32.2 Å². The van der Waals surface area contributed by atoms with Gasteiger partial charge in [-0.3, -0.25) is 5.10 Å². The number of aromatic amines is 1. The Morgan fingerprint density at radius 1 is 1.33 bits per heavy atom. The molecule has 1 aromatic carbocycles. The Labute approximate surface area is 140 Å². The number of carbonyl (C=O) groups excluding carboxylic acids is 1. The number of hydrogen-bond donors (Lipinski definition) is 3. The van der Waals surface area contributed by atoms with Gasteiger partial charge in [0.25, 0.3) is 0 Å². The lowest BCUT2D eigenvalue weighted by Gasteiger charge is -2.15. The van der Waals surface area contributed by atoms with Gasteiger partial charge in [-0.05, 0) is 45.9 Å². The second-order valence-corrected chi connectivity index (χ2v) is 6.05. The number of H-pyrrole nitrogens is 1. The smallest absolute Gasteiger partial charge is 0.319 e. The molecule has 2 amide bonds. The van der Waals surface area contributed by atoms with E-state index < -0.39 is 11.8 Å². The third-order valence-corrected chi connectivity index (χ3v) is 3.21. The first-order valence-electron chi connectivity index (χ1n) is 7.88. The van der Waals surface area contributed by atoms with Gasteiger partial charge >= 0.3 is 6.03 Å². The number of ether oxygens (including phenoxy) is 1. The summed E-state index contributed by atoms with van der Waals surface area (Å²) in [6.45, 7) is 7.50. The van der Waals surface area contributed by atoms with Gasteiger partial charge in [0.15, 0.2) is 0 Å². The van der Waals surface area contributed by atoms with Crippen molar-refractivity contribution in [2.75, 3.05) is 5.32 Å². The fraction of sp³-hybridized carbons (Fsp3) is 0.412. The largest absolute Gasteiger partial charge is 0.491 e. The van der Waals surface area contributed by atoms with Crippen molar-refractivity contribution in [1.29, 1.82) is 0 Å². The van der Waals surface area contributed by atoms with Gasteiger partial charge in [0, 0.05) is 24.2 Å². The number of rotatable bonds is 6. The van der Waals surface area contributed by atoms with Gasteiger partial charge in [0.2, 0.25) is 0 Å². The van der Waals surface area contributed by atoms with E-state index in [0.717, 1.165) is 11.4 Å². The van der Waals surface area contributed by atoms with Gasteiger partial charge in [-0.25, -0.2) is 9.18 Å². The quantitative estimate of drug-likeness (QED) is 0.757. The van der Waals surface area contributed by atoms with Crippen LogP contribution in [-0.4, -0.2) is 28.4 Å². The molecule has 0 saturated heterocycles. The average molecular weight is 334 g/mol. The molecule has 0 aliphatic rings. The van der Waals surface area contributed by atoms with Gasteiger partial charge in [-0.1, -0.05) is 0 Å². The van der Waals surface area contributed by atoms with Crippen molar-refractivity contribution >= 4 is 11.7 Å². The van der Waals surface area contributed by atoms with Gasteiger partial charge < -0.3 is 15.4 Å².